The van der Waals surface area contributed by atoms with Crippen molar-refractivity contribution in [1.82, 2.24) is 10.3 Å². The molecule has 114 valence electrons. The Bertz CT molecular complexity index is 669. The molecule has 1 amide bonds. The van der Waals surface area contributed by atoms with Gasteiger partial charge in [0, 0.05) is 12.1 Å². The molecule has 0 saturated heterocycles. The Morgan fingerprint density at radius 2 is 2.09 bits per heavy atom. The van der Waals surface area contributed by atoms with Gasteiger partial charge in [-0.25, -0.2) is 9.37 Å². The van der Waals surface area contributed by atoms with Crippen LogP contribution < -0.4 is 10.1 Å². The van der Waals surface area contributed by atoms with Crippen molar-refractivity contribution < 1.29 is 19.0 Å². The molecule has 1 fully saturated rings. The highest BCUT2D eigenvalue weighted by molar-refractivity contribution is 5.92. The number of amides is 1. The summed E-state index contributed by atoms with van der Waals surface area (Å²) >= 11 is 0. The van der Waals surface area contributed by atoms with Gasteiger partial charge in [-0.3, -0.25) is 4.79 Å². The number of aliphatic hydroxyl groups is 1. The maximum absolute atomic E-state index is 13.1. The lowest BCUT2D eigenvalue weighted by atomic mass is 9.89. The van der Waals surface area contributed by atoms with E-state index in [1.165, 1.54) is 18.3 Å². The van der Waals surface area contributed by atoms with Crippen molar-refractivity contribution in [3.8, 4) is 11.5 Å². The summed E-state index contributed by atoms with van der Waals surface area (Å²) in [6.07, 6.45) is 2.24. The highest BCUT2D eigenvalue weighted by Gasteiger charge is 2.28. The average Bonchev–Trinajstić information content (AvgIpc) is 2.46. The quantitative estimate of drug-likeness (QED) is 0.909. The molecule has 1 heterocycles. The first-order chi connectivity index (χ1) is 10.6. The molecular formula is C16H15FN2O3. The molecule has 6 heteroatoms. The zero-order valence-electron chi connectivity index (χ0n) is 11.7. The highest BCUT2D eigenvalue weighted by Crippen LogP contribution is 2.22. The SMILES string of the molecule is O=C(NC1CC(O)C1)c1ccc(Oc2cccc(F)c2)cn1. The number of carbonyl (C=O) groups excluding carboxylic acids is 1. The molecule has 0 bridgehead atoms. The number of rotatable bonds is 4. The Kier molecular flexibility index (Phi) is 4.02. The molecule has 3 rings (SSSR count). The number of carbonyl (C=O) groups is 1. The van der Waals surface area contributed by atoms with E-state index >= 15 is 0 Å². The Labute approximate surface area is 126 Å². The summed E-state index contributed by atoms with van der Waals surface area (Å²) in [7, 11) is 0. The maximum Gasteiger partial charge on any atom is 0.270 e. The van der Waals surface area contributed by atoms with E-state index < -0.39 is 0 Å². The standard InChI is InChI=1S/C16H15FN2O3/c17-10-2-1-3-13(6-10)22-14-4-5-15(18-9-14)16(21)19-11-7-12(20)8-11/h1-6,9,11-12,20H,7-8H2,(H,19,21). The number of nitrogens with one attached hydrogen (secondary N) is 1. The summed E-state index contributed by atoms with van der Waals surface area (Å²) in [6.45, 7) is 0. The molecule has 22 heavy (non-hydrogen) atoms. The second-order valence-electron chi connectivity index (χ2n) is 5.23. The average molecular weight is 302 g/mol. The number of aromatic nitrogens is 1. The second kappa shape index (κ2) is 6.11. The molecule has 1 aliphatic carbocycles. The normalized spacial score (nSPS) is 20.1. The first-order valence-corrected chi connectivity index (χ1v) is 6.98. The lowest BCUT2D eigenvalue weighted by Crippen LogP contribution is -2.46. The molecule has 1 saturated carbocycles. The van der Waals surface area contributed by atoms with Crippen molar-refractivity contribution in [3.05, 3.63) is 54.1 Å². The minimum atomic E-state index is -0.385. The molecule has 0 atom stereocenters. The van der Waals surface area contributed by atoms with Crippen molar-refractivity contribution >= 4 is 5.91 Å². The molecule has 0 aliphatic heterocycles. The summed E-state index contributed by atoms with van der Waals surface area (Å²) in [5.74, 6) is 0.113. The summed E-state index contributed by atoms with van der Waals surface area (Å²) in [5, 5.41) is 12.0. The number of hydrogen-bond donors (Lipinski definition) is 2. The van der Waals surface area contributed by atoms with Crippen LogP contribution in [-0.4, -0.2) is 28.1 Å². The zero-order chi connectivity index (χ0) is 15.5. The third-order valence-electron chi connectivity index (χ3n) is 3.45. The van der Waals surface area contributed by atoms with Crippen LogP contribution in [-0.2, 0) is 0 Å². The van der Waals surface area contributed by atoms with Gasteiger partial charge in [-0.2, -0.15) is 0 Å². The van der Waals surface area contributed by atoms with E-state index in [-0.39, 0.29) is 29.6 Å². The van der Waals surface area contributed by atoms with Crippen LogP contribution in [0.4, 0.5) is 4.39 Å². The van der Waals surface area contributed by atoms with Crippen molar-refractivity contribution in [2.75, 3.05) is 0 Å². The smallest absolute Gasteiger partial charge is 0.270 e. The summed E-state index contributed by atoms with van der Waals surface area (Å²) in [5.41, 5.74) is 0.271. The third kappa shape index (κ3) is 3.40. The van der Waals surface area contributed by atoms with Gasteiger partial charge in [0.2, 0.25) is 0 Å². The highest BCUT2D eigenvalue weighted by atomic mass is 19.1. The van der Waals surface area contributed by atoms with Gasteiger partial charge in [-0.05, 0) is 37.1 Å². The Morgan fingerprint density at radius 3 is 2.73 bits per heavy atom. The van der Waals surface area contributed by atoms with Crippen LogP contribution in [0.3, 0.4) is 0 Å². The third-order valence-corrected chi connectivity index (χ3v) is 3.45. The number of ether oxygens (including phenoxy) is 1. The molecule has 5 nitrogen and oxygen atoms in total. The predicted octanol–water partition coefficient (Wildman–Crippen LogP) is 2.27. The van der Waals surface area contributed by atoms with Gasteiger partial charge < -0.3 is 15.2 Å². The van der Waals surface area contributed by atoms with E-state index in [1.54, 1.807) is 24.3 Å². The van der Waals surface area contributed by atoms with Gasteiger partial charge in [0.05, 0.1) is 12.3 Å². The Morgan fingerprint density at radius 1 is 1.27 bits per heavy atom. The molecule has 1 aliphatic rings. The van der Waals surface area contributed by atoms with Crippen LogP contribution in [0.1, 0.15) is 23.3 Å². The van der Waals surface area contributed by atoms with Gasteiger partial charge in [0.15, 0.2) is 0 Å². The fraction of sp³-hybridized carbons (Fsp3) is 0.250. The molecule has 1 aromatic heterocycles. The molecule has 0 unspecified atom stereocenters. The van der Waals surface area contributed by atoms with Crippen molar-refractivity contribution in [2.45, 2.75) is 25.0 Å². The van der Waals surface area contributed by atoms with E-state index in [2.05, 4.69) is 10.3 Å². The van der Waals surface area contributed by atoms with Gasteiger partial charge in [0.1, 0.15) is 23.0 Å². The molecule has 1 aromatic carbocycles. The van der Waals surface area contributed by atoms with E-state index in [0.29, 0.717) is 24.3 Å². The lowest BCUT2D eigenvalue weighted by Gasteiger charge is -2.31. The second-order valence-corrected chi connectivity index (χ2v) is 5.23. The Balaban J connectivity index is 1.61. The van der Waals surface area contributed by atoms with Crippen molar-refractivity contribution in [1.29, 1.82) is 0 Å². The lowest BCUT2D eigenvalue weighted by molar-refractivity contribution is 0.0560. The van der Waals surface area contributed by atoms with Crippen molar-refractivity contribution in [3.63, 3.8) is 0 Å². The molecule has 2 aromatic rings. The van der Waals surface area contributed by atoms with E-state index in [1.807, 2.05) is 0 Å². The number of hydrogen-bond acceptors (Lipinski definition) is 4. The van der Waals surface area contributed by atoms with Crippen LogP contribution >= 0.6 is 0 Å². The van der Waals surface area contributed by atoms with Crippen LogP contribution in [0.15, 0.2) is 42.6 Å². The Hall–Kier alpha value is -2.47. The number of halogens is 1. The molecule has 0 spiro atoms. The summed E-state index contributed by atoms with van der Waals surface area (Å²) < 4.78 is 18.5. The zero-order valence-corrected chi connectivity index (χ0v) is 11.7. The maximum atomic E-state index is 13.1. The van der Waals surface area contributed by atoms with Crippen LogP contribution in [0, 0.1) is 5.82 Å². The number of nitrogens with zero attached hydrogens (tertiary/aromatic N) is 1. The topological polar surface area (TPSA) is 71.5 Å². The van der Waals surface area contributed by atoms with E-state index in [9.17, 15) is 14.3 Å². The molecule has 0 radical (unpaired) electrons. The summed E-state index contributed by atoms with van der Waals surface area (Å²) in [4.78, 5) is 16.0. The van der Waals surface area contributed by atoms with E-state index in [0.717, 1.165) is 0 Å². The fourth-order valence-corrected chi connectivity index (χ4v) is 2.21. The summed E-state index contributed by atoms with van der Waals surface area (Å²) in [6, 6.07) is 8.92. The van der Waals surface area contributed by atoms with Gasteiger partial charge in [-0.1, -0.05) is 6.07 Å². The first-order valence-electron chi connectivity index (χ1n) is 6.98. The van der Waals surface area contributed by atoms with Crippen LogP contribution in [0.5, 0.6) is 11.5 Å². The van der Waals surface area contributed by atoms with Crippen molar-refractivity contribution in [2.24, 2.45) is 0 Å². The van der Waals surface area contributed by atoms with Crippen LogP contribution in [0.25, 0.3) is 0 Å². The van der Waals surface area contributed by atoms with Gasteiger partial charge in [-0.15, -0.1) is 0 Å². The number of pyridine rings is 1. The largest absolute Gasteiger partial charge is 0.456 e. The number of aliphatic hydroxyl groups excluding tert-OH is 1. The molecule has 2 N–H and O–H groups in total. The molecular weight excluding hydrogens is 287 g/mol. The van der Waals surface area contributed by atoms with Gasteiger partial charge >= 0.3 is 0 Å². The fourth-order valence-electron chi connectivity index (χ4n) is 2.21. The first kappa shape index (κ1) is 14.5. The minimum Gasteiger partial charge on any atom is -0.456 e. The monoisotopic (exact) mass is 302 g/mol. The minimum absolute atomic E-state index is 0.00696. The van der Waals surface area contributed by atoms with Crippen LogP contribution in [0.2, 0.25) is 0 Å². The number of benzene rings is 1. The van der Waals surface area contributed by atoms with E-state index in [4.69, 9.17) is 4.74 Å². The predicted molar refractivity (Wildman–Crippen MR) is 77.2 cm³/mol. The van der Waals surface area contributed by atoms with Gasteiger partial charge in [0.25, 0.3) is 5.91 Å².